The fourth-order valence-corrected chi connectivity index (χ4v) is 1.65. The van der Waals surface area contributed by atoms with Crippen molar-refractivity contribution in [3.05, 3.63) is 44.7 Å². The van der Waals surface area contributed by atoms with Crippen LogP contribution in [0.1, 0.15) is 12.0 Å². The van der Waals surface area contributed by atoms with Crippen molar-refractivity contribution in [3.8, 4) is 0 Å². The summed E-state index contributed by atoms with van der Waals surface area (Å²) in [6.07, 6.45) is 0.721. The lowest BCUT2D eigenvalue weighted by Crippen LogP contribution is -2.14. The first-order valence-corrected chi connectivity index (χ1v) is 5.33. The van der Waals surface area contributed by atoms with Gasteiger partial charge in [-0.25, -0.2) is 9.59 Å². The topological polar surface area (TPSA) is 89.4 Å². The number of aryl methyl sites for hydroxylation is 1. The zero-order chi connectivity index (χ0) is 13.1. The minimum Gasteiger partial charge on any atom is -0.469 e. The van der Waals surface area contributed by atoms with Crippen LogP contribution in [0.4, 0.5) is 0 Å². The van der Waals surface area contributed by atoms with Crippen molar-refractivity contribution in [2.24, 2.45) is 0 Å². The number of ether oxygens (including phenoxy) is 1. The van der Waals surface area contributed by atoms with E-state index in [4.69, 9.17) is 0 Å². The van der Waals surface area contributed by atoms with Crippen molar-refractivity contribution in [2.75, 3.05) is 7.11 Å². The second kappa shape index (κ2) is 4.87. The molecule has 0 aliphatic carbocycles. The Morgan fingerprint density at radius 3 is 2.89 bits per heavy atom. The highest BCUT2D eigenvalue weighted by molar-refractivity contribution is 5.77. The summed E-state index contributed by atoms with van der Waals surface area (Å²) in [5, 5.41) is 0.302. The summed E-state index contributed by atoms with van der Waals surface area (Å²) < 4.78 is 8.94. The summed E-state index contributed by atoms with van der Waals surface area (Å²) in [6, 6.07) is 4.92. The van der Waals surface area contributed by atoms with Gasteiger partial charge in [-0.3, -0.25) is 9.78 Å². The van der Waals surface area contributed by atoms with Crippen molar-refractivity contribution in [2.45, 2.75) is 12.8 Å². The highest BCUT2D eigenvalue weighted by atomic mass is 16.5. The third-order valence-electron chi connectivity index (χ3n) is 2.57. The first-order valence-electron chi connectivity index (χ1n) is 5.33. The van der Waals surface area contributed by atoms with Gasteiger partial charge in [0, 0.05) is 6.42 Å². The fourth-order valence-electron chi connectivity index (χ4n) is 1.65. The quantitative estimate of drug-likeness (QED) is 0.804. The van der Waals surface area contributed by atoms with Crippen LogP contribution in [-0.2, 0) is 16.0 Å². The van der Waals surface area contributed by atoms with Gasteiger partial charge in [0.25, 0.3) is 0 Å². The van der Waals surface area contributed by atoms with Gasteiger partial charge in [-0.1, -0.05) is 6.07 Å². The van der Waals surface area contributed by atoms with E-state index < -0.39 is 11.4 Å². The van der Waals surface area contributed by atoms with E-state index >= 15 is 0 Å². The standard InChI is InChI=1S/C12H11NO5/c1-17-10(14)5-3-7-2-4-8-9(6-7)13-12(16)18-11(8)15/h2,4,6H,3,5H2,1H3,(H,13,16). The zero-order valence-electron chi connectivity index (χ0n) is 9.69. The highest BCUT2D eigenvalue weighted by Gasteiger charge is 2.05. The molecular weight excluding hydrogens is 238 g/mol. The van der Waals surface area contributed by atoms with Crippen LogP contribution in [0.15, 0.2) is 32.2 Å². The Morgan fingerprint density at radius 2 is 2.17 bits per heavy atom. The molecule has 2 rings (SSSR count). The van der Waals surface area contributed by atoms with E-state index in [-0.39, 0.29) is 12.4 Å². The number of carbonyl (C=O) groups excluding carboxylic acids is 1. The number of methoxy groups -OCH3 is 1. The number of rotatable bonds is 3. The maximum atomic E-state index is 11.4. The molecule has 0 bridgehead atoms. The van der Waals surface area contributed by atoms with Gasteiger partial charge in [-0.05, 0) is 24.1 Å². The molecule has 0 aliphatic heterocycles. The summed E-state index contributed by atoms with van der Waals surface area (Å²) in [4.78, 5) is 35.8. The third kappa shape index (κ3) is 2.48. The van der Waals surface area contributed by atoms with Crippen LogP contribution in [-0.4, -0.2) is 18.1 Å². The molecule has 94 valence electrons. The molecule has 0 saturated carbocycles. The van der Waals surface area contributed by atoms with Gasteiger partial charge >= 0.3 is 17.4 Å². The van der Waals surface area contributed by atoms with Crippen LogP contribution >= 0.6 is 0 Å². The summed E-state index contributed by atoms with van der Waals surface area (Å²) >= 11 is 0. The molecule has 1 aromatic carbocycles. The minimum absolute atomic E-state index is 0.244. The third-order valence-corrected chi connectivity index (χ3v) is 2.57. The molecule has 0 saturated heterocycles. The maximum absolute atomic E-state index is 11.4. The average Bonchev–Trinajstić information content (AvgIpc) is 2.35. The summed E-state index contributed by atoms with van der Waals surface area (Å²) in [5.41, 5.74) is 0.557. The number of esters is 1. The predicted octanol–water partition coefficient (Wildman–Crippen LogP) is 0.587. The molecule has 0 atom stereocenters. The van der Waals surface area contributed by atoms with Gasteiger partial charge in [-0.2, -0.15) is 0 Å². The molecule has 1 aromatic heterocycles. The van der Waals surface area contributed by atoms with E-state index in [9.17, 15) is 14.4 Å². The molecule has 1 heterocycles. The lowest BCUT2D eigenvalue weighted by atomic mass is 10.1. The first-order chi connectivity index (χ1) is 8.60. The monoisotopic (exact) mass is 249 g/mol. The lowest BCUT2D eigenvalue weighted by molar-refractivity contribution is -0.140. The van der Waals surface area contributed by atoms with E-state index in [2.05, 4.69) is 14.1 Å². The number of H-pyrrole nitrogens is 1. The Labute approximate surface area is 101 Å². The van der Waals surface area contributed by atoms with Crippen molar-refractivity contribution in [1.29, 1.82) is 0 Å². The fraction of sp³-hybridized carbons (Fsp3) is 0.250. The van der Waals surface area contributed by atoms with Crippen LogP contribution in [0.3, 0.4) is 0 Å². The summed E-state index contributed by atoms with van der Waals surface area (Å²) in [5.74, 6) is -1.10. The number of aromatic nitrogens is 1. The molecule has 0 unspecified atom stereocenters. The zero-order valence-corrected chi connectivity index (χ0v) is 9.69. The molecule has 0 fully saturated rings. The largest absolute Gasteiger partial charge is 0.469 e. The van der Waals surface area contributed by atoms with Gasteiger partial charge in [0.2, 0.25) is 0 Å². The second-order valence-corrected chi connectivity index (χ2v) is 3.76. The normalized spacial score (nSPS) is 10.5. The number of benzene rings is 1. The van der Waals surface area contributed by atoms with Crippen LogP contribution in [0.5, 0.6) is 0 Å². The van der Waals surface area contributed by atoms with E-state index in [1.165, 1.54) is 7.11 Å². The summed E-state index contributed by atoms with van der Waals surface area (Å²) in [7, 11) is 1.32. The Hall–Kier alpha value is -2.37. The van der Waals surface area contributed by atoms with Crippen molar-refractivity contribution in [3.63, 3.8) is 0 Å². The number of hydrogen-bond acceptors (Lipinski definition) is 5. The van der Waals surface area contributed by atoms with Gasteiger partial charge in [0.05, 0.1) is 18.0 Å². The first kappa shape index (κ1) is 12.1. The van der Waals surface area contributed by atoms with Crippen LogP contribution in [0.25, 0.3) is 10.9 Å². The number of fused-ring (bicyclic) bond motifs is 1. The highest BCUT2D eigenvalue weighted by Crippen LogP contribution is 2.11. The van der Waals surface area contributed by atoms with Gasteiger partial charge in [0.1, 0.15) is 0 Å². The molecule has 6 nitrogen and oxygen atoms in total. The lowest BCUT2D eigenvalue weighted by Gasteiger charge is -2.02. The van der Waals surface area contributed by atoms with E-state index in [0.29, 0.717) is 17.3 Å². The average molecular weight is 249 g/mol. The van der Waals surface area contributed by atoms with Crippen LogP contribution in [0.2, 0.25) is 0 Å². The van der Waals surface area contributed by atoms with Crippen molar-refractivity contribution >= 4 is 16.9 Å². The molecule has 0 spiro atoms. The molecule has 1 N–H and O–H groups in total. The number of nitrogens with one attached hydrogen (secondary N) is 1. The minimum atomic E-state index is -0.794. The van der Waals surface area contributed by atoms with Gasteiger partial charge < -0.3 is 9.15 Å². The molecule has 6 heteroatoms. The smallest absolute Gasteiger partial charge is 0.419 e. The van der Waals surface area contributed by atoms with Crippen molar-refractivity contribution in [1.82, 2.24) is 4.98 Å². The SMILES string of the molecule is COC(=O)CCc1ccc2c(=O)oc(=O)[nH]c2c1. The predicted molar refractivity (Wildman–Crippen MR) is 63.4 cm³/mol. The van der Waals surface area contributed by atoms with E-state index in [1.54, 1.807) is 18.2 Å². The van der Waals surface area contributed by atoms with Gasteiger partial charge in [0.15, 0.2) is 0 Å². The Morgan fingerprint density at radius 1 is 1.39 bits per heavy atom. The molecule has 0 aliphatic rings. The second-order valence-electron chi connectivity index (χ2n) is 3.76. The molecular formula is C12H11NO5. The molecule has 0 radical (unpaired) electrons. The Kier molecular flexibility index (Phi) is 3.27. The van der Waals surface area contributed by atoms with Crippen LogP contribution < -0.4 is 11.4 Å². The van der Waals surface area contributed by atoms with Crippen LogP contribution in [0, 0.1) is 0 Å². The maximum Gasteiger partial charge on any atom is 0.419 e. The van der Waals surface area contributed by atoms with E-state index in [1.807, 2.05) is 0 Å². The summed E-state index contributed by atoms with van der Waals surface area (Å²) in [6.45, 7) is 0. The molecule has 2 aromatic rings. The number of carbonyl (C=O) groups is 1. The van der Waals surface area contributed by atoms with E-state index in [0.717, 1.165) is 5.56 Å². The Balaban J connectivity index is 2.35. The number of aromatic amines is 1. The van der Waals surface area contributed by atoms with Gasteiger partial charge in [-0.15, -0.1) is 0 Å². The van der Waals surface area contributed by atoms with Crippen molar-refractivity contribution < 1.29 is 13.9 Å². The Bertz CT molecular complexity index is 697. The number of hydrogen-bond donors (Lipinski definition) is 1. The molecule has 0 amide bonds. The molecule has 18 heavy (non-hydrogen) atoms.